The Morgan fingerprint density at radius 1 is 1.08 bits per heavy atom. The van der Waals surface area contributed by atoms with Crippen molar-refractivity contribution in [3.63, 3.8) is 0 Å². The van der Waals surface area contributed by atoms with Gasteiger partial charge in [0.25, 0.3) is 0 Å². The molecule has 0 saturated carbocycles. The average molecular weight is 338 g/mol. The summed E-state index contributed by atoms with van der Waals surface area (Å²) in [6, 6.07) is 15.1. The molecule has 0 aliphatic heterocycles. The number of esters is 1. The third-order valence-electron chi connectivity index (χ3n) is 5.06. The molecular weight excluding hydrogens is 312 g/mol. The van der Waals surface area contributed by atoms with E-state index in [9.17, 15) is 9.90 Å². The van der Waals surface area contributed by atoms with Gasteiger partial charge in [-0.05, 0) is 54.0 Å². The Kier molecular flexibility index (Phi) is 5.24. The highest BCUT2D eigenvalue weighted by Gasteiger charge is 2.34. The molecule has 1 N–H and O–H groups in total. The number of ether oxygens (including phenoxy) is 1. The molecule has 25 heavy (non-hydrogen) atoms. The fourth-order valence-corrected chi connectivity index (χ4v) is 3.59. The SMILES string of the molecule is CCOC(=O)CC1(O)CCc2cc(-c3ccc(CC)cc3)ccc2C1. The van der Waals surface area contributed by atoms with Crippen molar-refractivity contribution >= 4 is 5.97 Å². The van der Waals surface area contributed by atoms with Gasteiger partial charge in [-0.25, -0.2) is 0 Å². The van der Waals surface area contributed by atoms with Crippen molar-refractivity contribution in [2.45, 2.75) is 51.6 Å². The van der Waals surface area contributed by atoms with Gasteiger partial charge in [0.2, 0.25) is 0 Å². The molecule has 3 rings (SSSR count). The molecule has 0 radical (unpaired) electrons. The van der Waals surface area contributed by atoms with Gasteiger partial charge in [-0.3, -0.25) is 4.79 Å². The molecule has 1 aliphatic rings. The van der Waals surface area contributed by atoms with Gasteiger partial charge in [0, 0.05) is 6.42 Å². The van der Waals surface area contributed by atoms with Crippen molar-refractivity contribution in [3.05, 3.63) is 59.2 Å². The van der Waals surface area contributed by atoms with Gasteiger partial charge in [0.05, 0.1) is 18.6 Å². The Bertz CT molecular complexity index is 748. The van der Waals surface area contributed by atoms with E-state index in [0.29, 0.717) is 19.4 Å². The van der Waals surface area contributed by atoms with Crippen LogP contribution in [0.15, 0.2) is 42.5 Å². The number of hydrogen-bond donors (Lipinski definition) is 1. The summed E-state index contributed by atoms with van der Waals surface area (Å²) < 4.78 is 4.99. The number of aliphatic hydroxyl groups is 1. The van der Waals surface area contributed by atoms with Gasteiger partial charge < -0.3 is 9.84 Å². The van der Waals surface area contributed by atoms with E-state index >= 15 is 0 Å². The summed E-state index contributed by atoms with van der Waals surface area (Å²) in [7, 11) is 0. The van der Waals surface area contributed by atoms with E-state index in [0.717, 1.165) is 18.4 Å². The monoisotopic (exact) mass is 338 g/mol. The molecule has 1 atom stereocenters. The molecule has 0 bridgehead atoms. The number of fused-ring (bicyclic) bond motifs is 1. The van der Waals surface area contributed by atoms with E-state index in [4.69, 9.17) is 4.74 Å². The van der Waals surface area contributed by atoms with E-state index in [-0.39, 0.29) is 12.4 Å². The molecule has 0 fully saturated rings. The molecule has 2 aromatic carbocycles. The van der Waals surface area contributed by atoms with Gasteiger partial charge in [0.15, 0.2) is 0 Å². The van der Waals surface area contributed by atoms with Gasteiger partial charge >= 0.3 is 5.97 Å². The minimum Gasteiger partial charge on any atom is -0.466 e. The lowest BCUT2D eigenvalue weighted by Crippen LogP contribution is -2.38. The van der Waals surface area contributed by atoms with Gasteiger partial charge in [-0.15, -0.1) is 0 Å². The number of hydrogen-bond acceptors (Lipinski definition) is 3. The van der Waals surface area contributed by atoms with Crippen LogP contribution in [0.2, 0.25) is 0 Å². The fourth-order valence-electron chi connectivity index (χ4n) is 3.59. The second kappa shape index (κ2) is 7.40. The van der Waals surface area contributed by atoms with E-state index < -0.39 is 5.60 Å². The lowest BCUT2D eigenvalue weighted by atomic mass is 9.78. The standard InChI is InChI=1S/C22H26O3/c1-3-16-5-7-17(8-6-16)18-9-10-20-14-22(24,12-11-19(20)13-18)15-21(23)25-4-2/h5-10,13,24H,3-4,11-12,14-15H2,1-2H3. The molecule has 0 heterocycles. The van der Waals surface area contributed by atoms with E-state index in [1.165, 1.54) is 22.3 Å². The second-order valence-electron chi connectivity index (χ2n) is 6.92. The van der Waals surface area contributed by atoms with Crippen molar-refractivity contribution in [3.8, 4) is 11.1 Å². The van der Waals surface area contributed by atoms with E-state index in [1.807, 2.05) is 0 Å². The van der Waals surface area contributed by atoms with Crippen molar-refractivity contribution in [2.24, 2.45) is 0 Å². The third-order valence-corrected chi connectivity index (χ3v) is 5.06. The van der Waals surface area contributed by atoms with Gasteiger partial charge in [-0.2, -0.15) is 0 Å². The molecule has 0 spiro atoms. The van der Waals surface area contributed by atoms with Crippen LogP contribution in [-0.2, 0) is 28.8 Å². The van der Waals surface area contributed by atoms with E-state index in [1.54, 1.807) is 6.92 Å². The van der Waals surface area contributed by atoms with Crippen LogP contribution in [0.1, 0.15) is 43.4 Å². The first-order valence-electron chi connectivity index (χ1n) is 9.12. The molecule has 0 aromatic heterocycles. The van der Waals surface area contributed by atoms with Crippen LogP contribution in [0.3, 0.4) is 0 Å². The molecule has 3 heteroatoms. The van der Waals surface area contributed by atoms with Crippen molar-refractivity contribution in [1.82, 2.24) is 0 Å². The molecule has 132 valence electrons. The van der Waals surface area contributed by atoms with Crippen LogP contribution in [0.4, 0.5) is 0 Å². The summed E-state index contributed by atoms with van der Waals surface area (Å²) in [5, 5.41) is 10.8. The molecule has 2 aromatic rings. The second-order valence-corrected chi connectivity index (χ2v) is 6.92. The number of rotatable bonds is 5. The smallest absolute Gasteiger partial charge is 0.308 e. The van der Waals surface area contributed by atoms with Crippen LogP contribution >= 0.6 is 0 Å². The summed E-state index contributed by atoms with van der Waals surface area (Å²) in [4.78, 5) is 11.7. The maximum Gasteiger partial charge on any atom is 0.308 e. The first-order valence-corrected chi connectivity index (χ1v) is 9.12. The first-order chi connectivity index (χ1) is 12.0. The average Bonchev–Trinajstić information content (AvgIpc) is 2.61. The molecular formula is C22H26O3. The maximum atomic E-state index is 11.7. The van der Waals surface area contributed by atoms with Gasteiger partial charge in [0.1, 0.15) is 0 Å². The zero-order chi connectivity index (χ0) is 17.9. The topological polar surface area (TPSA) is 46.5 Å². The van der Waals surface area contributed by atoms with Crippen molar-refractivity contribution < 1.29 is 14.6 Å². The predicted molar refractivity (Wildman–Crippen MR) is 99.5 cm³/mol. The number of aryl methyl sites for hydroxylation is 2. The van der Waals surface area contributed by atoms with Crippen LogP contribution in [0.25, 0.3) is 11.1 Å². The summed E-state index contributed by atoms with van der Waals surface area (Å²) in [5.74, 6) is -0.318. The normalized spacial score (nSPS) is 19.3. The van der Waals surface area contributed by atoms with Crippen molar-refractivity contribution in [1.29, 1.82) is 0 Å². The predicted octanol–water partition coefficient (Wildman–Crippen LogP) is 4.09. The maximum absolute atomic E-state index is 11.7. The molecule has 0 amide bonds. The largest absolute Gasteiger partial charge is 0.466 e. The fraction of sp³-hybridized carbons (Fsp3) is 0.409. The Morgan fingerprint density at radius 3 is 2.48 bits per heavy atom. The highest BCUT2D eigenvalue weighted by Crippen LogP contribution is 2.34. The Balaban J connectivity index is 1.77. The number of carbonyl (C=O) groups excluding carboxylic acids is 1. The molecule has 1 aliphatic carbocycles. The molecule has 1 unspecified atom stereocenters. The third kappa shape index (κ3) is 4.10. The zero-order valence-electron chi connectivity index (χ0n) is 15.0. The highest BCUT2D eigenvalue weighted by atomic mass is 16.5. The first kappa shape index (κ1) is 17.7. The lowest BCUT2D eigenvalue weighted by molar-refractivity contribution is -0.149. The van der Waals surface area contributed by atoms with E-state index in [2.05, 4.69) is 49.4 Å². The zero-order valence-corrected chi connectivity index (χ0v) is 15.0. The lowest BCUT2D eigenvalue weighted by Gasteiger charge is -2.33. The van der Waals surface area contributed by atoms with Crippen LogP contribution < -0.4 is 0 Å². The Hall–Kier alpha value is -2.13. The summed E-state index contributed by atoms with van der Waals surface area (Å²) in [6.45, 7) is 4.30. The van der Waals surface area contributed by atoms with Crippen LogP contribution in [0, 0.1) is 0 Å². The summed E-state index contributed by atoms with van der Waals surface area (Å²) >= 11 is 0. The molecule has 3 nitrogen and oxygen atoms in total. The quantitative estimate of drug-likeness (QED) is 0.835. The minimum absolute atomic E-state index is 0.0700. The number of benzene rings is 2. The summed E-state index contributed by atoms with van der Waals surface area (Å²) in [6.07, 6.45) is 3.00. The van der Waals surface area contributed by atoms with Gasteiger partial charge in [-0.1, -0.05) is 49.4 Å². The Labute approximate surface area is 149 Å². The Morgan fingerprint density at radius 2 is 1.80 bits per heavy atom. The van der Waals surface area contributed by atoms with Crippen LogP contribution in [0.5, 0.6) is 0 Å². The summed E-state index contributed by atoms with van der Waals surface area (Å²) in [5.41, 5.74) is 5.18. The van der Waals surface area contributed by atoms with Crippen molar-refractivity contribution in [2.75, 3.05) is 6.61 Å². The highest BCUT2D eigenvalue weighted by molar-refractivity contribution is 5.71. The molecule has 0 saturated heterocycles. The number of carbonyl (C=O) groups is 1. The van der Waals surface area contributed by atoms with Crippen LogP contribution in [-0.4, -0.2) is 23.3 Å². The minimum atomic E-state index is -0.983.